The molecule has 0 saturated heterocycles. The van der Waals surface area contributed by atoms with Crippen LogP contribution < -0.4 is 16.6 Å². The third-order valence-electron chi connectivity index (χ3n) is 3.69. The van der Waals surface area contributed by atoms with Crippen LogP contribution in [0.1, 0.15) is 33.4 Å². The summed E-state index contributed by atoms with van der Waals surface area (Å²) in [6, 6.07) is 9.04. The molecule has 0 bridgehead atoms. The molecule has 0 aliphatic rings. The highest BCUT2D eigenvalue weighted by Crippen LogP contribution is 2.14. The Balaban J connectivity index is 2.21. The van der Waals surface area contributed by atoms with E-state index in [1.807, 2.05) is 37.3 Å². The summed E-state index contributed by atoms with van der Waals surface area (Å²) in [5.74, 6) is 0. The number of amides is 1. The van der Waals surface area contributed by atoms with Gasteiger partial charge >= 0.3 is 6.09 Å². The Bertz CT molecular complexity index is 800. The molecule has 0 aliphatic heterocycles. The largest absolute Gasteiger partial charge is 0.444 e. The lowest BCUT2D eigenvalue weighted by atomic mass is 10.1. The first-order valence-corrected chi connectivity index (χ1v) is 8.21. The highest BCUT2D eigenvalue weighted by molar-refractivity contribution is 5.68. The van der Waals surface area contributed by atoms with Gasteiger partial charge in [-0.15, -0.1) is 0 Å². The molecular formula is C18H26N4O3. The van der Waals surface area contributed by atoms with E-state index in [2.05, 4.69) is 5.32 Å². The first-order valence-electron chi connectivity index (χ1n) is 8.21. The van der Waals surface area contributed by atoms with Gasteiger partial charge in [-0.05, 0) is 39.8 Å². The minimum absolute atomic E-state index is 0.184. The van der Waals surface area contributed by atoms with Gasteiger partial charge in [-0.25, -0.2) is 9.48 Å². The molecule has 3 N–H and O–H groups in total. The van der Waals surface area contributed by atoms with Crippen LogP contribution in [0.2, 0.25) is 0 Å². The summed E-state index contributed by atoms with van der Waals surface area (Å²) in [6.07, 6.45) is -0.0810. The zero-order chi connectivity index (χ0) is 18.8. The monoisotopic (exact) mass is 346 g/mol. The lowest BCUT2D eigenvalue weighted by molar-refractivity contribution is 0.0508. The average Bonchev–Trinajstić information content (AvgIpc) is 2.70. The van der Waals surface area contributed by atoms with Gasteiger partial charge in [-0.2, -0.15) is 0 Å². The summed E-state index contributed by atoms with van der Waals surface area (Å²) in [6.45, 7) is 7.25. The number of ether oxygens (including phenoxy) is 1. The summed E-state index contributed by atoms with van der Waals surface area (Å²) < 4.78 is 8.49. The number of para-hydroxylation sites is 1. The zero-order valence-corrected chi connectivity index (χ0v) is 15.4. The number of anilines is 1. The van der Waals surface area contributed by atoms with E-state index in [0.29, 0.717) is 12.1 Å². The Morgan fingerprint density at radius 1 is 1.28 bits per heavy atom. The van der Waals surface area contributed by atoms with Gasteiger partial charge in [-0.3, -0.25) is 9.48 Å². The summed E-state index contributed by atoms with van der Waals surface area (Å²) in [4.78, 5) is 24.4. The van der Waals surface area contributed by atoms with Crippen molar-refractivity contribution in [1.82, 2.24) is 14.7 Å². The Kier molecular flexibility index (Phi) is 5.25. The molecule has 1 atom stereocenters. The number of hydrogen-bond acceptors (Lipinski definition) is 4. The number of carbonyl (C=O) groups excluding carboxylic acids is 1. The minimum Gasteiger partial charge on any atom is -0.444 e. The number of hydrogen-bond donors (Lipinski definition) is 2. The molecular weight excluding hydrogens is 320 g/mol. The third kappa shape index (κ3) is 4.43. The summed E-state index contributed by atoms with van der Waals surface area (Å²) >= 11 is 0. The standard InChI is InChI=1S/C18H26N4O3/c1-12(20-17(24)25-18(2,3)4)11-14-15(19)16(23)22(21(14)5)13-9-7-6-8-10-13/h6-10,12H,11,19H2,1-5H3,(H,20,24)/t12-/m1/s1. The Morgan fingerprint density at radius 2 is 1.88 bits per heavy atom. The molecule has 0 saturated carbocycles. The number of aromatic nitrogens is 2. The number of rotatable bonds is 4. The van der Waals surface area contributed by atoms with Crippen LogP contribution in [0.5, 0.6) is 0 Å². The van der Waals surface area contributed by atoms with Gasteiger partial charge in [0.15, 0.2) is 0 Å². The fourth-order valence-corrected chi connectivity index (χ4v) is 2.62. The third-order valence-corrected chi connectivity index (χ3v) is 3.69. The molecule has 2 rings (SSSR count). The maximum Gasteiger partial charge on any atom is 0.407 e. The average molecular weight is 346 g/mol. The van der Waals surface area contributed by atoms with Crippen molar-refractivity contribution < 1.29 is 9.53 Å². The molecule has 2 aromatic rings. The van der Waals surface area contributed by atoms with Crippen LogP contribution in [0.15, 0.2) is 35.1 Å². The Morgan fingerprint density at radius 3 is 2.44 bits per heavy atom. The summed E-state index contributed by atoms with van der Waals surface area (Å²) in [7, 11) is 1.78. The number of nitrogens with zero attached hydrogens (tertiary/aromatic N) is 2. The quantitative estimate of drug-likeness (QED) is 0.888. The molecule has 7 heteroatoms. The molecule has 1 heterocycles. The smallest absolute Gasteiger partial charge is 0.407 e. The molecule has 0 spiro atoms. The molecule has 0 radical (unpaired) electrons. The molecule has 136 valence electrons. The van der Waals surface area contributed by atoms with Gasteiger partial charge in [0.25, 0.3) is 5.56 Å². The number of carbonyl (C=O) groups is 1. The highest BCUT2D eigenvalue weighted by Gasteiger charge is 2.21. The van der Waals surface area contributed by atoms with E-state index in [1.165, 1.54) is 4.68 Å². The van der Waals surface area contributed by atoms with Crippen molar-refractivity contribution in [1.29, 1.82) is 0 Å². The van der Waals surface area contributed by atoms with Crippen LogP contribution in [-0.4, -0.2) is 27.1 Å². The fourth-order valence-electron chi connectivity index (χ4n) is 2.62. The van der Waals surface area contributed by atoms with Crippen molar-refractivity contribution in [2.75, 3.05) is 5.73 Å². The Labute approximate surface area is 147 Å². The maximum absolute atomic E-state index is 12.5. The van der Waals surface area contributed by atoms with Crippen LogP contribution in [0.3, 0.4) is 0 Å². The van der Waals surface area contributed by atoms with Gasteiger partial charge in [0.05, 0.1) is 11.4 Å². The van der Waals surface area contributed by atoms with Crippen LogP contribution in [0, 0.1) is 0 Å². The fraction of sp³-hybridized carbons (Fsp3) is 0.444. The van der Waals surface area contributed by atoms with E-state index in [-0.39, 0.29) is 17.3 Å². The van der Waals surface area contributed by atoms with E-state index in [1.54, 1.807) is 32.5 Å². The van der Waals surface area contributed by atoms with E-state index >= 15 is 0 Å². The highest BCUT2D eigenvalue weighted by atomic mass is 16.6. The number of nitrogens with one attached hydrogen (secondary N) is 1. The molecule has 1 aromatic heterocycles. The summed E-state index contributed by atoms with van der Waals surface area (Å²) in [5.41, 5.74) is 6.78. The van der Waals surface area contributed by atoms with Crippen LogP contribution in [0.25, 0.3) is 5.69 Å². The first-order chi connectivity index (χ1) is 11.6. The molecule has 1 aromatic carbocycles. The lowest BCUT2D eigenvalue weighted by Crippen LogP contribution is -2.39. The molecule has 0 aliphatic carbocycles. The van der Waals surface area contributed by atoms with Gasteiger partial charge < -0.3 is 15.8 Å². The van der Waals surface area contributed by atoms with E-state index < -0.39 is 11.7 Å². The normalized spacial score (nSPS) is 12.7. The van der Waals surface area contributed by atoms with Crippen molar-refractivity contribution in [3.63, 3.8) is 0 Å². The second kappa shape index (κ2) is 7.04. The molecule has 25 heavy (non-hydrogen) atoms. The Hall–Kier alpha value is -2.70. The number of benzene rings is 1. The molecule has 0 fully saturated rings. The van der Waals surface area contributed by atoms with Gasteiger partial charge in [0, 0.05) is 19.5 Å². The van der Waals surface area contributed by atoms with Crippen molar-refractivity contribution in [3.05, 3.63) is 46.4 Å². The summed E-state index contributed by atoms with van der Waals surface area (Å²) in [5, 5.41) is 2.77. The van der Waals surface area contributed by atoms with Gasteiger partial charge in [0.1, 0.15) is 11.3 Å². The lowest BCUT2D eigenvalue weighted by Gasteiger charge is -2.22. The maximum atomic E-state index is 12.5. The number of nitrogens with two attached hydrogens (primary N) is 1. The van der Waals surface area contributed by atoms with Gasteiger partial charge in [0.2, 0.25) is 0 Å². The van der Waals surface area contributed by atoms with E-state index in [0.717, 1.165) is 5.69 Å². The SMILES string of the molecule is C[C@H](Cc1c(N)c(=O)n(-c2ccccc2)n1C)NC(=O)OC(C)(C)C. The topological polar surface area (TPSA) is 91.3 Å². The van der Waals surface area contributed by atoms with Crippen LogP contribution >= 0.6 is 0 Å². The molecule has 1 amide bonds. The van der Waals surface area contributed by atoms with Crippen LogP contribution in [-0.2, 0) is 18.2 Å². The van der Waals surface area contributed by atoms with Crippen LogP contribution in [0.4, 0.5) is 10.5 Å². The van der Waals surface area contributed by atoms with E-state index in [4.69, 9.17) is 10.5 Å². The van der Waals surface area contributed by atoms with Gasteiger partial charge in [-0.1, -0.05) is 18.2 Å². The zero-order valence-electron chi connectivity index (χ0n) is 15.4. The second-order valence-electron chi connectivity index (χ2n) is 7.09. The predicted octanol–water partition coefficient (Wildman–Crippen LogP) is 2.21. The number of alkyl carbamates (subject to hydrolysis) is 1. The predicted molar refractivity (Wildman–Crippen MR) is 98.0 cm³/mol. The van der Waals surface area contributed by atoms with E-state index in [9.17, 15) is 9.59 Å². The molecule has 0 unspecified atom stereocenters. The van der Waals surface area contributed by atoms with Crippen molar-refractivity contribution in [2.45, 2.75) is 45.8 Å². The first kappa shape index (κ1) is 18.6. The van der Waals surface area contributed by atoms with Crippen molar-refractivity contribution >= 4 is 11.8 Å². The number of nitrogen functional groups attached to an aromatic ring is 1. The molecule has 7 nitrogen and oxygen atoms in total. The van der Waals surface area contributed by atoms with Crippen molar-refractivity contribution in [3.8, 4) is 5.69 Å². The van der Waals surface area contributed by atoms with Crippen molar-refractivity contribution in [2.24, 2.45) is 7.05 Å². The minimum atomic E-state index is -0.563. The second-order valence-corrected chi connectivity index (χ2v) is 7.09.